The van der Waals surface area contributed by atoms with Crippen molar-refractivity contribution < 1.29 is 19.0 Å². The van der Waals surface area contributed by atoms with Crippen molar-refractivity contribution >= 4 is 44.1 Å². The number of anilines is 1. The highest BCUT2D eigenvalue weighted by atomic mass is 32.1. The number of nitrogens with two attached hydrogens (primary N) is 1. The van der Waals surface area contributed by atoms with E-state index in [9.17, 15) is 4.79 Å². The smallest absolute Gasteiger partial charge is 0.404 e. The Labute approximate surface area is 277 Å². The van der Waals surface area contributed by atoms with Crippen LogP contribution in [0.25, 0.3) is 21.0 Å². The molecule has 9 heteroatoms. The summed E-state index contributed by atoms with van der Waals surface area (Å²) in [6.07, 6.45) is 8.48. The molecule has 1 saturated heterocycles. The van der Waals surface area contributed by atoms with E-state index in [0.29, 0.717) is 18.4 Å². The molecule has 2 aromatic heterocycles. The number of pyridine rings is 1. The summed E-state index contributed by atoms with van der Waals surface area (Å²) in [6, 6.07) is 20.6. The first kappa shape index (κ1) is 33.9. The second-order valence-electron chi connectivity index (χ2n) is 12.3. The van der Waals surface area contributed by atoms with Crippen molar-refractivity contribution in [1.82, 2.24) is 9.88 Å². The van der Waals surface area contributed by atoms with Gasteiger partial charge in [0.15, 0.2) is 0 Å². The molecule has 0 saturated carbocycles. The maximum Gasteiger partial charge on any atom is 0.404 e. The lowest BCUT2D eigenvalue weighted by molar-refractivity contribution is 0.0354. The van der Waals surface area contributed by atoms with E-state index in [4.69, 9.17) is 19.9 Å². The molecule has 5 rings (SSSR count). The van der Waals surface area contributed by atoms with Gasteiger partial charge < -0.3 is 24.8 Å². The topological polar surface area (TPSA) is 90.1 Å². The summed E-state index contributed by atoms with van der Waals surface area (Å²) in [7, 11) is 0. The number of ether oxygens (including phenoxy) is 3. The number of fused-ring (bicyclic) bond motifs is 2. The normalized spacial score (nSPS) is 15.3. The molecule has 1 fully saturated rings. The van der Waals surface area contributed by atoms with E-state index in [1.54, 1.807) is 0 Å². The Bertz CT molecular complexity index is 1490. The van der Waals surface area contributed by atoms with Crippen LogP contribution in [0.1, 0.15) is 64.7 Å². The van der Waals surface area contributed by atoms with Crippen LogP contribution in [0.5, 0.6) is 5.88 Å². The number of unbranched alkanes of at least 4 members (excludes halogenated alkanes) is 3. The van der Waals surface area contributed by atoms with E-state index < -0.39 is 12.2 Å². The number of aromatic nitrogens is 1. The summed E-state index contributed by atoms with van der Waals surface area (Å²) in [6.45, 7) is 8.87. The number of carbonyl (C=O) groups excluding carboxylic acids is 1. The van der Waals surface area contributed by atoms with E-state index in [1.165, 1.54) is 22.2 Å². The van der Waals surface area contributed by atoms with Gasteiger partial charge in [-0.3, -0.25) is 4.90 Å². The zero-order chi connectivity index (χ0) is 32.0. The van der Waals surface area contributed by atoms with Crippen LogP contribution in [0.15, 0.2) is 66.0 Å². The van der Waals surface area contributed by atoms with Crippen molar-refractivity contribution in [3.05, 3.63) is 66.0 Å². The van der Waals surface area contributed by atoms with E-state index >= 15 is 0 Å². The molecule has 0 aliphatic carbocycles. The van der Waals surface area contributed by atoms with Gasteiger partial charge in [-0.2, -0.15) is 0 Å². The molecule has 2 atom stereocenters. The molecule has 0 bridgehead atoms. The van der Waals surface area contributed by atoms with Crippen molar-refractivity contribution in [2.45, 2.75) is 76.9 Å². The molecule has 3 heterocycles. The molecular weight excluding hydrogens is 596 g/mol. The lowest BCUT2D eigenvalue weighted by Gasteiger charge is -2.36. The number of hydrogen-bond donors (Lipinski definition) is 1. The number of hydrogen-bond acceptors (Lipinski definition) is 8. The summed E-state index contributed by atoms with van der Waals surface area (Å²) in [4.78, 5) is 21.2. The highest BCUT2D eigenvalue weighted by Gasteiger charge is 2.19. The van der Waals surface area contributed by atoms with Gasteiger partial charge in [-0.05, 0) is 80.8 Å². The van der Waals surface area contributed by atoms with Crippen molar-refractivity contribution in [3.8, 4) is 5.88 Å². The van der Waals surface area contributed by atoms with E-state index in [-0.39, 0.29) is 6.61 Å². The quantitative estimate of drug-likeness (QED) is 0.103. The van der Waals surface area contributed by atoms with Crippen molar-refractivity contribution in [3.63, 3.8) is 0 Å². The maximum absolute atomic E-state index is 11.5. The van der Waals surface area contributed by atoms with Gasteiger partial charge >= 0.3 is 6.09 Å². The summed E-state index contributed by atoms with van der Waals surface area (Å²) in [5, 5.41) is 4.64. The molecule has 2 unspecified atom stereocenters. The van der Waals surface area contributed by atoms with Gasteiger partial charge in [-0.1, -0.05) is 50.5 Å². The Morgan fingerprint density at radius 2 is 1.72 bits per heavy atom. The SMILES string of the molecule is CCCC(CCCCCC(COc1ccc2ccccc2n1)OC(N)=O)OCCCCN1CCN(c2cccc3sccc23)CC1. The summed E-state index contributed by atoms with van der Waals surface area (Å²) >= 11 is 1.82. The number of thiophene rings is 1. The second-order valence-corrected chi connectivity index (χ2v) is 13.2. The minimum atomic E-state index is -0.772. The Hall–Kier alpha value is -3.40. The number of amides is 1. The third kappa shape index (κ3) is 10.3. The molecule has 1 aliphatic heterocycles. The molecule has 46 heavy (non-hydrogen) atoms. The van der Waals surface area contributed by atoms with Crippen LogP contribution in [-0.4, -0.2) is 74.1 Å². The molecule has 248 valence electrons. The van der Waals surface area contributed by atoms with E-state index in [1.807, 2.05) is 47.7 Å². The monoisotopic (exact) mass is 646 g/mol. The highest BCUT2D eigenvalue weighted by Crippen LogP contribution is 2.31. The van der Waals surface area contributed by atoms with Gasteiger partial charge in [0.25, 0.3) is 0 Å². The fraction of sp³-hybridized carbons (Fsp3) is 0.514. The molecule has 2 N–H and O–H groups in total. The van der Waals surface area contributed by atoms with Crippen molar-refractivity contribution in [2.75, 3.05) is 50.8 Å². The Kier molecular flexibility index (Phi) is 13.3. The van der Waals surface area contributed by atoms with Crippen LogP contribution in [0.3, 0.4) is 0 Å². The summed E-state index contributed by atoms with van der Waals surface area (Å²) < 4.78 is 18.9. The minimum Gasteiger partial charge on any atom is -0.474 e. The van der Waals surface area contributed by atoms with Gasteiger partial charge in [-0.25, -0.2) is 9.78 Å². The third-order valence-electron chi connectivity index (χ3n) is 8.84. The lowest BCUT2D eigenvalue weighted by Crippen LogP contribution is -2.46. The van der Waals surface area contributed by atoms with Crippen LogP contribution in [0.4, 0.5) is 10.5 Å². The predicted octanol–water partition coefficient (Wildman–Crippen LogP) is 8.03. The summed E-state index contributed by atoms with van der Waals surface area (Å²) in [5.74, 6) is 0.516. The molecule has 0 spiro atoms. The molecule has 8 nitrogen and oxygen atoms in total. The fourth-order valence-corrected chi connectivity index (χ4v) is 7.16. The van der Waals surface area contributed by atoms with E-state index in [0.717, 1.165) is 95.2 Å². The first-order valence-corrected chi connectivity index (χ1v) is 18.0. The van der Waals surface area contributed by atoms with Gasteiger partial charge in [0.1, 0.15) is 12.7 Å². The van der Waals surface area contributed by atoms with Crippen LogP contribution in [-0.2, 0) is 9.47 Å². The highest BCUT2D eigenvalue weighted by molar-refractivity contribution is 7.17. The zero-order valence-corrected chi connectivity index (χ0v) is 28.1. The predicted molar refractivity (Wildman–Crippen MR) is 189 cm³/mol. The Morgan fingerprint density at radius 1 is 0.891 bits per heavy atom. The number of benzene rings is 2. The van der Waals surface area contributed by atoms with Gasteiger partial charge in [0.2, 0.25) is 5.88 Å². The van der Waals surface area contributed by atoms with Crippen molar-refractivity contribution in [2.24, 2.45) is 5.73 Å². The van der Waals surface area contributed by atoms with Crippen LogP contribution in [0.2, 0.25) is 0 Å². The number of carbonyl (C=O) groups is 1. The Balaban J connectivity index is 0.934. The first-order chi connectivity index (χ1) is 22.6. The molecule has 4 aromatic rings. The Morgan fingerprint density at radius 3 is 2.54 bits per heavy atom. The average molecular weight is 647 g/mol. The zero-order valence-electron chi connectivity index (χ0n) is 27.3. The third-order valence-corrected chi connectivity index (χ3v) is 9.73. The summed E-state index contributed by atoms with van der Waals surface area (Å²) in [5.41, 5.74) is 7.59. The standard InChI is InChI=1S/C37H50N4O4S/c1-2-11-30(43-26-9-8-21-40-22-24-41(25-23-40)34-16-10-17-35-32(34)20-27-46-35)13-4-3-5-14-31(45-37(38)42)28-44-36-19-18-29-12-6-7-15-33(29)39-36/h6-7,10,12,15-20,27,30-31H,2-5,8-9,11,13-14,21-26,28H2,1H3,(H2,38,42). The molecular formula is C37H50N4O4S. The first-order valence-electron chi connectivity index (χ1n) is 17.1. The number of primary amides is 1. The molecule has 1 aliphatic rings. The molecule has 0 radical (unpaired) electrons. The molecule has 2 aromatic carbocycles. The maximum atomic E-state index is 11.5. The van der Waals surface area contributed by atoms with E-state index in [2.05, 4.69) is 51.4 Å². The number of rotatable bonds is 19. The number of piperazine rings is 1. The number of nitrogens with zero attached hydrogens (tertiary/aromatic N) is 3. The largest absolute Gasteiger partial charge is 0.474 e. The van der Waals surface area contributed by atoms with Gasteiger partial charge in [0, 0.05) is 60.0 Å². The van der Waals surface area contributed by atoms with Gasteiger partial charge in [-0.15, -0.1) is 11.3 Å². The van der Waals surface area contributed by atoms with Crippen molar-refractivity contribution in [1.29, 1.82) is 0 Å². The second kappa shape index (κ2) is 18.1. The lowest BCUT2D eigenvalue weighted by atomic mass is 10.0. The van der Waals surface area contributed by atoms with Crippen LogP contribution < -0.4 is 15.4 Å². The van der Waals surface area contributed by atoms with Crippen LogP contribution >= 0.6 is 11.3 Å². The van der Waals surface area contributed by atoms with Crippen LogP contribution in [0, 0.1) is 0 Å². The number of para-hydroxylation sites is 1. The average Bonchev–Trinajstić information content (AvgIpc) is 3.56. The minimum absolute atomic E-state index is 0.233. The fourth-order valence-electron chi connectivity index (χ4n) is 6.35. The molecule has 1 amide bonds. The van der Waals surface area contributed by atoms with Gasteiger partial charge in [0.05, 0.1) is 11.6 Å².